The van der Waals surface area contributed by atoms with Crippen molar-refractivity contribution < 1.29 is 9.31 Å². The van der Waals surface area contributed by atoms with E-state index in [-0.39, 0.29) is 11.2 Å². The first kappa shape index (κ1) is 11.1. The van der Waals surface area contributed by atoms with Gasteiger partial charge in [-0.1, -0.05) is 27.7 Å². The van der Waals surface area contributed by atoms with Crippen LogP contribution in [0.2, 0.25) is 0 Å². The summed E-state index contributed by atoms with van der Waals surface area (Å²) in [6, 6.07) is 0. The quantitative estimate of drug-likeness (QED) is 0.624. The molecule has 1 saturated heterocycles. The van der Waals surface area contributed by atoms with E-state index in [1.807, 2.05) is 0 Å². The molecule has 0 aromatic carbocycles. The minimum Gasteiger partial charge on any atom is -0.405 e. The summed E-state index contributed by atoms with van der Waals surface area (Å²) in [7, 11) is 0.476. The normalized spacial score (nSPS) is 24.3. The van der Waals surface area contributed by atoms with Crippen molar-refractivity contribution in [3.63, 3.8) is 0 Å². The van der Waals surface area contributed by atoms with Crippen molar-refractivity contribution in [3.8, 4) is 0 Å². The SMILES string of the molecule is CCC1(CC)OBOC1(CC)CC. The van der Waals surface area contributed by atoms with E-state index in [1.165, 1.54) is 0 Å². The van der Waals surface area contributed by atoms with E-state index in [9.17, 15) is 0 Å². The van der Waals surface area contributed by atoms with Gasteiger partial charge < -0.3 is 9.31 Å². The highest BCUT2D eigenvalue weighted by Gasteiger charge is 2.52. The fraction of sp³-hybridized carbons (Fsp3) is 1.00. The second-order valence-electron chi connectivity index (χ2n) is 3.81. The first-order valence-electron chi connectivity index (χ1n) is 5.48. The Morgan fingerprint density at radius 1 is 0.769 bits per heavy atom. The highest BCUT2D eigenvalue weighted by Crippen LogP contribution is 2.44. The van der Waals surface area contributed by atoms with Crippen LogP contribution in [-0.4, -0.2) is 18.9 Å². The van der Waals surface area contributed by atoms with Crippen molar-refractivity contribution in [3.05, 3.63) is 0 Å². The molecule has 0 atom stereocenters. The van der Waals surface area contributed by atoms with Gasteiger partial charge in [0.05, 0.1) is 11.2 Å². The Labute approximate surface area is 82.3 Å². The van der Waals surface area contributed by atoms with E-state index in [1.54, 1.807) is 0 Å². The molecule has 1 aliphatic rings. The molecular weight excluding hydrogens is 163 g/mol. The molecule has 1 aliphatic heterocycles. The van der Waals surface area contributed by atoms with Gasteiger partial charge in [-0.05, 0) is 25.7 Å². The summed E-state index contributed by atoms with van der Waals surface area (Å²) < 4.78 is 11.6. The van der Waals surface area contributed by atoms with Gasteiger partial charge >= 0.3 is 7.69 Å². The second kappa shape index (κ2) is 4.01. The molecule has 3 heteroatoms. The van der Waals surface area contributed by atoms with Crippen LogP contribution < -0.4 is 0 Å². The highest BCUT2D eigenvalue weighted by atomic mass is 16.7. The average molecular weight is 184 g/mol. The maximum atomic E-state index is 5.81. The summed E-state index contributed by atoms with van der Waals surface area (Å²) in [5, 5.41) is 0. The molecule has 0 aliphatic carbocycles. The molecule has 1 rings (SSSR count). The zero-order valence-electron chi connectivity index (χ0n) is 9.35. The average Bonchev–Trinajstić information content (AvgIpc) is 2.57. The Kier molecular flexibility index (Phi) is 3.41. The maximum absolute atomic E-state index is 5.81. The lowest BCUT2D eigenvalue weighted by Crippen LogP contribution is -2.50. The molecule has 0 aromatic heterocycles. The van der Waals surface area contributed by atoms with Gasteiger partial charge in [-0.15, -0.1) is 0 Å². The lowest BCUT2D eigenvalue weighted by atomic mass is 9.75. The van der Waals surface area contributed by atoms with Crippen molar-refractivity contribution in [2.75, 3.05) is 0 Å². The molecule has 76 valence electrons. The van der Waals surface area contributed by atoms with Gasteiger partial charge in [-0.2, -0.15) is 0 Å². The van der Waals surface area contributed by atoms with Crippen LogP contribution in [0.5, 0.6) is 0 Å². The second-order valence-corrected chi connectivity index (χ2v) is 3.81. The molecule has 0 bridgehead atoms. The van der Waals surface area contributed by atoms with Crippen LogP contribution in [-0.2, 0) is 9.31 Å². The molecule has 0 saturated carbocycles. The first-order chi connectivity index (χ1) is 6.20. The van der Waals surface area contributed by atoms with Gasteiger partial charge in [0.2, 0.25) is 0 Å². The van der Waals surface area contributed by atoms with Crippen LogP contribution in [0.1, 0.15) is 53.4 Å². The Balaban J connectivity index is 2.92. The molecular formula is C10H21BO2. The third-order valence-electron chi connectivity index (χ3n) is 3.79. The van der Waals surface area contributed by atoms with Gasteiger partial charge in [0, 0.05) is 0 Å². The third-order valence-corrected chi connectivity index (χ3v) is 3.79. The lowest BCUT2D eigenvalue weighted by molar-refractivity contribution is -0.0601. The molecule has 2 nitrogen and oxygen atoms in total. The Morgan fingerprint density at radius 2 is 1.08 bits per heavy atom. The molecule has 0 amide bonds. The topological polar surface area (TPSA) is 18.5 Å². The van der Waals surface area contributed by atoms with Crippen molar-refractivity contribution in [1.82, 2.24) is 0 Å². The standard InChI is InChI=1S/C10H21BO2/c1-5-9(6-2)10(7-3,8-4)13-11-12-9/h11H,5-8H2,1-4H3. The third kappa shape index (κ3) is 1.42. The zero-order valence-corrected chi connectivity index (χ0v) is 9.35. The van der Waals surface area contributed by atoms with Gasteiger partial charge in [-0.3, -0.25) is 0 Å². The van der Waals surface area contributed by atoms with Crippen LogP contribution in [0.3, 0.4) is 0 Å². The number of hydrogen-bond donors (Lipinski definition) is 0. The van der Waals surface area contributed by atoms with Crippen LogP contribution in [0.4, 0.5) is 0 Å². The van der Waals surface area contributed by atoms with E-state index >= 15 is 0 Å². The fourth-order valence-electron chi connectivity index (χ4n) is 2.72. The fourth-order valence-corrected chi connectivity index (χ4v) is 2.72. The van der Waals surface area contributed by atoms with Gasteiger partial charge in [0.1, 0.15) is 0 Å². The van der Waals surface area contributed by atoms with Crippen molar-refractivity contribution in [2.24, 2.45) is 0 Å². The molecule has 1 heterocycles. The molecule has 0 spiro atoms. The largest absolute Gasteiger partial charge is 0.439 e. The highest BCUT2D eigenvalue weighted by molar-refractivity contribution is 6.19. The Bertz CT molecular complexity index is 144. The van der Waals surface area contributed by atoms with Crippen LogP contribution >= 0.6 is 0 Å². The van der Waals surface area contributed by atoms with Gasteiger partial charge in [0.15, 0.2) is 0 Å². The molecule has 13 heavy (non-hydrogen) atoms. The zero-order chi connectivity index (χ0) is 9.95. The lowest BCUT2D eigenvalue weighted by Gasteiger charge is -2.42. The van der Waals surface area contributed by atoms with Crippen molar-refractivity contribution in [2.45, 2.75) is 64.6 Å². The van der Waals surface area contributed by atoms with Crippen molar-refractivity contribution >= 4 is 7.69 Å². The molecule has 0 N–H and O–H groups in total. The summed E-state index contributed by atoms with van der Waals surface area (Å²) >= 11 is 0. The smallest absolute Gasteiger partial charge is 0.405 e. The molecule has 0 radical (unpaired) electrons. The number of hydrogen-bond acceptors (Lipinski definition) is 2. The van der Waals surface area contributed by atoms with E-state index in [0.29, 0.717) is 7.69 Å². The van der Waals surface area contributed by atoms with E-state index < -0.39 is 0 Å². The van der Waals surface area contributed by atoms with Crippen LogP contribution in [0.15, 0.2) is 0 Å². The predicted molar refractivity (Wildman–Crippen MR) is 55.9 cm³/mol. The summed E-state index contributed by atoms with van der Waals surface area (Å²) in [4.78, 5) is 0. The van der Waals surface area contributed by atoms with E-state index in [4.69, 9.17) is 9.31 Å². The number of rotatable bonds is 4. The van der Waals surface area contributed by atoms with E-state index in [0.717, 1.165) is 25.7 Å². The summed E-state index contributed by atoms with van der Waals surface area (Å²) in [5.74, 6) is 0. The molecule has 1 fully saturated rings. The minimum atomic E-state index is -0.0312. The van der Waals surface area contributed by atoms with Crippen LogP contribution in [0, 0.1) is 0 Å². The maximum Gasteiger partial charge on any atom is 0.439 e. The first-order valence-corrected chi connectivity index (χ1v) is 5.48. The predicted octanol–water partition coefficient (Wildman–Crippen LogP) is 2.42. The van der Waals surface area contributed by atoms with Gasteiger partial charge in [-0.25, -0.2) is 0 Å². The molecule has 0 unspecified atom stereocenters. The monoisotopic (exact) mass is 184 g/mol. The van der Waals surface area contributed by atoms with E-state index in [2.05, 4.69) is 27.7 Å². The summed E-state index contributed by atoms with van der Waals surface area (Å²) in [5.41, 5.74) is -0.0625. The summed E-state index contributed by atoms with van der Waals surface area (Å²) in [6.45, 7) is 8.77. The summed E-state index contributed by atoms with van der Waals surface area (Å²) in [6.07, 6.45) is 4.19. The molecule has 0 aromatic rings. The van der Waals surface area contributed by atoms with Crippen molar-refractivity contribution in [1.29, 1.82) is 0 Å². The van der Waals surface area contributed by atoms with Gasteiger partial charge in [0.25, 0.3) is 0 Å². The Hall–Kier alpha value is -0.0151. The van der Waals surface area contributed by atoms with Crippen LogP contribution in [0.25, 0.3) is 0 Å². The Morgan fingerprint density at radius 3 is 1.31 bits per heavy atom. The minimum absolute atomic E-state index is 0.0312.